The number of rotatable bonds is 8. The SMILES string of the molecule is O=C(Cn1c(-c2ccccc2)cnc(CC2(c3ccccc3)COC2)c1=O)NCc1cc2cnccc2[nH]1. The van der Waals surface area contributed by atoms with Gasteiger partial charge in [0.1, 0.15) is 12.2 Å². The summed E-state index contributed by atoms with van der Waals surface area (Å²) >= 11 is 0. The molecule has 2 N–H and O–H groups in total. The lowest BCUT2D eigenvalue weighted by atomic mass is 9.75. The minimum atomic E-state index is -0.299. The molecule has 0 aliphatic carbocycles. The summed E-state index contributed by atoms with van der Waals surface area (Å²) < 4.78 is 7.11. The molecular weight excluding hydrogens is 478 g/mol. The zero-order valence-corrected chi connectivity index (χ0v) is 20.8. The Labute approximate surface area is 219 Å². The van der Waals surface area contributed by atoms with Gasteiger partial charge in [-0.15, -0.1) is 0 Å². The van der Waals surface area contributed by atoms with Crippen LogP contribution in [0.1, 0.15) is 17.0 Å². The maximum absolute atomic E-state index is 13.8. The van der Waals surface area contributed by atoms with Crippen molar-refractivity contribution in [3.05, 3.63) is 119 Å². The van der Waals surface area contributed by atoms with Crippen LogP contribution < -0.4 is 10.9 Å². The Kier molecular flexibility index (Phi) is 6.31. The molecule has 2 aromatic carbocycles. The van der Waals surface area contributed by atoms with E-state index in [0.717, 1.165) is 27.7 Å². The minimum absolute atomic E-state index is 0.116. The molecule has 1 fully saturated rings. The molecule has 0 bridgehead atoms. The average molecular weight is 506 g/mol. The third kappa shape index (κ3) is 4.62. The van der Waals surface area contributed by atoms with E-state index in [4.69, 9.17) is 4.74 Å². The van der Waals surface area contributed by atoms with Gasteiger partial charge in [0.15, 0.2) is 0 Å². The fourth-order valence-corrected chi connectivity index (χ4v) is 5.00. The molecule has 1 aliphatic heterocycles. The summed E-state index contributed by atoms with van der Waals surface area (Å²) in [6.45, 7) is 1.25. The second kappa shape index (κ2) is 10.1. The first-order chi connectivity index (χ1) is 18.6. The van der Waals surface area contributed by atoms with E-state index in [9.17, 15) is 9.59 Å². The number of hydrogen-bond acceptors (Lipinski definition) is 5. The summed E-state index contributed by atoms with van der Waals surface area (Å²) in [5.74, 6) is -0.261. The molecule has 0 radical (unpaired) electrons. The number of ether oxygens (including phenoxy) is 1. The van der Waals surface area contributed by atoms with E-state index >= 15 is 0 Å². The molecule has 1 amide bonds. The average Bonchev–Trinajstić information content (AvgIpc) is 3.36. The number of hydrogen-bond donors (Lipinski definition) is 2. The van der Waals surface area contributed by atoms with Gasteiger partial charge < -0.3 is 15.0 Å². The van der Waals surface area contributed by atoms with Gasteiger partial charge in [-0.2, -0.15) is 0 Å². The Morgan fingerprint density at radius 2 is 1.79 bits per heavy atom. The summed E-state index contributed by atoms with van der Waals surface area (Å²) in [7, 11) is 0. The van der Waals surface area contributed by atoms with Gasteiger partial charge in [0.2, 0.25) is 5.91 Å². The van der Waals surface area contributed by atoms with Crippen LogP contribution in [0.15, 0.2) is 96.2 Å². The smallest absolute Gasteiger partial charge is 0.273 e. The van der Waals surface area contributed by atoms with Gasteiger partial charge in [-0.25, -0.2) is 0 Å². The van der Waals surface area contributed by atoms with E-state index in [2.05, 4.69) is 32.4 Å². The molecule has 0 spiro atoms. The van der Waals surface area contributed by atoms with Crippen LogP contribution in [0.5, 0.6) is 0 Å². The third-order valence-corrected chi connectivity index (χ3v) is 7.10. The van der Waals surface area contributed by atoms with Crippen molar-refractivity contribution in [2.24, 2.45) is 0 Å². The Bertz CT molecular complexity index is 1610. The zero-order valence-electron chi connectivity index (χ0n) is 20.8. The lowest BCUT2D eigenvalue weighted by Crippen LogP contribution is -2.50. The Morgan fingerprint density at radius 3 is 2.50 bits per heavy atom. The van der Waals surface area contributed by atoms with E-state index in [1.54, 1.807) is 18.6 Å². The van der Waals surface area contributed by atoms with Gasteiger partial charge in [-0.3, -0.25) is 24.1 Å². The van der Waals surface area contributed by atoms with E-state index < -0.39 is 0 Å². The molecule has 6 rings (SSSR count). The van der Waals surface area contributed by atoms with Crippen molar-refractivity contribution >= 4 is 16.8 Å². The number of fused-ring (bicyclic) bond motifs is 1. The number of amides is 1. The molecule has 8 heteroatoms. The van der Waals surface area contributed by atoms with Gasteiger partial charge in [0, 0.05) is 40.8 Å². The minimum Gasteiger partial charge on any atom is -0.379 e. The summed E-state index contributed by atoms with van der Waals surface area (Å²) in [4.78, 5) is 38.9. The number of aromatic nitrogens is 4. The normalized spacial score (nSPS) is 14.2. The molecule has 1 saturated heterocycles. The van der Waals surface area contributed by atoms with Crippen molar-refractivity contribution in [2.75, 3.05) is 13.2 Å². The second-order valence-electron chi connectivity index (χ2n) is 9.70. The number of benzene rings is 2. The van der Waals surface area contributed by atoms with Crippen molar-refractivity contribution < 1.29 is 9.53 Å². The van der Waals surface area contributed by atoms with E-state index in [1.165, 1.54) is 4.57 Å². The fourth-order valence-electron chi connectivity index (χ4n) is 5.00. The van der Waals surface area contributed by atoms with Gasteiger partial charge in [0.25, 0.3) is 5.56 Å². The Morgan fingerprint density at radius 1 is 1.03 bits per heavy atom. The number of carbonyl (C=O) groups is 1. The predicted molar refractivity (Wildman–Crippen MR) is 145 cm³/mol. The standard InChI is InChI=1S/C30H27N5O3/c36-28(33-16-24-13-22-15-31-12-11-25(22)34-24)18-35-27(21-7-3-1-4-8-21)17-32-26(29(35)37)14-30(19-38-20-30)23-9-5-2-6-10-23/h1-13,15,17,34H,14,16,18-20H2,(H,33,36). The van der Waals surface area contributed by atoms with Gasteiger partial charge >= 0.3 is 0 Å². The molecule has 8 nitrogen and oxygen atoms in total. The number of aromatic amines is 1. The quantitative estimate of drug-likeness (QED) is 0.336. The molecule has 5 aromatic rings. The van der Waals surface area contributed by atoms with Gasteiger partial charge in [0.05, 0.1) is 31.6 Å². The molecule has 4 heterocycles. The largest absolute Gasteiger partial charge is 0.379 e. The van der Waals surface area contributed by atoms with Crippen molar-refractivity contribution in [2.45, 2.75) is 24.9 Å². The Balaban J connectivity index is 1.28. The Hall–Kier alpha value is -4.56. The van der Waals surface area contributed by atoms with Gasteiger partial charge in [-0.1, -0.05) is 60.7 Å². The van der Waals surface area contributed by atoms with Crippen LogP contribution in [0.4, 0.5) is 0 Å². The summed E-state index contributed by atoms with van der Waals surface area (Å²) in [5, 5.41) is 3.92. The maximum Gasteiger partial charge on any atom is 0.273 e. The van der Waals surface area contributed by atoms with E-state index in [0.29, 0.717) is 37.6 Å². The molecule has 0 saturated carbocycles. The number of carbonyl (C=O) groups excluding carboxylic acids is 1. The van der Waals surface area contributed by atoms with Crippen LogP contribution in [0.3, 0.4) is 0 Å². The number of pyridine rings is 1. The highest BCUT2D eigenvalue weighted by molar-refractivity contribution is 5.80. The molecular formula is C30H27N5O3. The molecule has 190 valence electrons. The van der Waals surface area contributed by atoms with Crippen LogP contribution in [0, 0.1) is 0 Å². The summed E-state index contributed by atoms with van der Waals surface area (Å²) in [6, 6.07) is 23.5. The first-order valence-electron chi connectivity index (χ1n) is 12.6. The second-order valence-corrected chi connectivity index (χ2v) is 9.70. The van der Waals surface area contributed by atoms with Gasteiger partial charge in [-0.05, 0) is 23.3 Å². The van der Waals surface area contributed by atoms with Crippen LogP contribution >= 0.6 is 0 Å². The lowest BCUT2D eigenvalue weighted by Gasteiger charge is -2.41. The summed E-state index contributed by atoms with van der Waals surface area (Å²) in [6.07, 6.45) is 5.63. The van der Waals surface area contributed by atoms with E-state index in [1.807, 2.05) is 60.7 Å². The van der Waals surface area contributed by atoms with Crippen LogP contribution in [0.25, 0.3) is 22.2 Å². The number of H-pyrrole nitrogens is 1. The lowest BCUT2D eigenvalue weighted by molar-refractivity contribution is -0.121. The first kappa shape index (κ1) is 23.8. The first-order valence-corrected chi connectivity index (χ1v) is 12.6. The maximum atomic E-state index is 13.8. The highest BCUT2D eigenvalue weighted by Crippen LogP contribution is 2.35. The zero-order chi connectivity index (χ0) is 26.0. The van der Waals surface area contributed by atoms with Crippen LogP contribution in [-0.4, -0.2) is 38.6 Å². The van der Waals surface area contributed by atoms with E-state index in [-0.39, 0.29) is 23.4 Å². The van der Waals surface area contributed by atoms with Crippen molar-refractivity contribution in [3.63, 3.8) is 0 Å². The molecule has 0 unspecified atom stereocenters. The molecule has 1 aliphatic rings. The third-order valence-electron chi connectivity index (χ3n) is 7.10. The highest BCUT2D eigenvalue weighted by Gasteiger charge is 2.41. The molecule has 38 heavy (non-hydrogen) atoms. The number of nitrogens with zero attached hydrogens (tertiary/aromatic N) is 3. The van der Waals surface area contributed by atoms with Crippen LogP contribution in [-0.2, 0) is 34.5 Å². The highest BCUT2D eigenvalue weighted by atomic mass is 16.5. The monoisotopic (exact) mass is 505 g/mol. The topological polar surface area (TPSA) is 102 Å². The molecule has 3 aromatic heterocycles. The van der Waals surface area contributed by atoms with Crippen LogP contribution in [0.2, 0.25) is 0 Å². The van der Waals surface area contributed by atoms with Crippen molar-refractivity contribution in [1.29, 1.82) is 0 Å². The predicted octanol–water partition coefficient (Wildman–Crippen LogP) is 3.61. The van der Waals surface area contributed by atoms with Crippen molar-refractivity contribution in [1.82, 2.24) is 24.8 Å². The van der Waals surface area contributed by atoms with Crippen molar-refractivity contribution in [3.8, 4) is 11.3 Å². The fraction of sp³-hybridized carbons (Fsp3) is 0.200. The molecule has 0 atom stereocenters. The summed E-state index contributed by atoms with van der Waals surface area (Å²) in [5.41, 5.74) is 4.23. The number of nitrogens with one attached hydrogen (secondary N) is 2.